The van der Waals surface area contributed by atoms with Gasteiger partial charge in [0.1, 0.15) is 17.1 Å². The van der Waals surface area contributed by atoms with Crippen LogP contribution < -0.4 is 15.0 Å². The minimum absolute atomic E-state index is 0.0153. The van der Waals surface area contributed by atoms with Crippen LogP contribution in [0.15, 0.2) is 52.3 Å². The number of benzene rings is 2. The van der Waals surface area contributed by atoms with Crippen LogP contribution in [0.4, 0.5) is 5.69 Å². The van der Waals surface area contributed by atoms with Gasteiger partial charge in [-0.05, 0) is 43.4 Å². The fourth-order valence-corrected chi connectivity index (χ4v) is 2.90. The summed E-state index contributed by atoms with van der Waals surface area (Å²) in [6, 6.07) is 12.5. The molecule has 144 valence electrons. The maximum atomic E-state index is 12.4. The van der Waals surface area contributed by atoms with Gasteiger partial charge in [-0.1, -0.05) is 17.7 Å². The molecule has 0 unspecified atom stereocenters. The Morgan fingerprint density at radius 3 is 2.50 bits per heavy atom. The number of H-pyrrole nitrogens is 1. The summed E-state index contributed by atoms with van der Waals surface area (Å²) in [5.74, 6) is 0.634. The topological polar surface area (TPSA) is 88.8 Å². The Kier molecular flexibility index (Phi) is 5.60. The Morgan fingerprint density at radius 1 is 1.14 bits per heavy atom. The number of aromatic hydroxyl groups is 1. The van der Waals surface area contributed by atoms with E-state index in [0.29, 0.717) is 22.9 Å². The first-order valence-electron chi connectivity index (χ1n) is 8.36. The smallest absolute Gasteiger partial charge is 0.264 e. The Bertz CT molecular complexity index is 1150. The van der Waals surface area contributed by atoms with Crippen LogP contribution in [0.1, 0.15) is 11.1 Å². The van der Waals surface area contributed by atoms with E-state index in [1.165, 1.54) is 25.0 Å². The van der Waals surface area contributed by atoms with Crippen molar-refractivity contribution in [3.05, 3.63) is 68.7 Å². The largest absolute Gasteiger partial charge is 0.497 e. The molecule has 0 amide bonds. The van der Waals surface area contributed by atoms with E-state index in [-0.39, 0.29) is 16.2 Å². The van der Waals surface area contributed by atoms with E-state index in [9.17, 15) is 9.90 Å². The Labute approximate surface area is 166 Å². The summed E-state index contributed by atoms with van der Waals surface area (Å²) in [5, 5.41) is 10.8. The van der Waals surface area contributed by atoms with Gasteiger partial charge in [-0.2, -0.15) is 0 Å². The van der Waals surface area contributed by atoms with Gasteiger partial charge in [-0.3, -0.25) is 19.3 Å². The average molecular weight is 397 g/mol. The van der Waals surface area contributed by atoms with Crippen LogP contribution in [0.25, 0.3) is 5.69 Å². The van der Waals surface area contributed by atoms with Gasteiger partial charge in [0.15, 0.2) is 4.77 Å². The molecule has 0 spiro atoms. The molecule has 3 rings (SSSR count). The molecule has 7 nitrogen and oxygen atoms in total. The quantitative estimate of drug-likeness (QED) is 0.506. The van der Waals surface area contributed by atoms with Gasteiger partial charge >= 0.3 is 0 Å². The summed E-state index contributed by atoms with van der Waals surface area (Å²) in [4.78, 5) is 19.2. The number of rotatable bonds is 5. The van der Waals surface area contributed by atoms with E-state index >= 15 is 0 Å². The molecule has 0 saturated carbocycles. The minimum Gasteiger partial charge on any atom is -0.497 e. The lowest BCUT2D eigenvalue weighted by Crippen LogP contribution is -2.18. The normalized spacial score (nSPS) is 11.0. The summed E-state index contributed by atoms with van der Waals surface area (Å²) in [5.41, 5.74) is 1.59. The number of hydrogen-bond donors (Lipinski definition) is 2. The number of aliphatic imine (C=N–C) groups is 1. The van der Waals surface area contributed by atoms with E-state index in [4.69, 9.17) is 21.7 Å². The lowest BCUT2D eigenvalue weighted by atomic mass is 10.2. The van der Waals surface area contributed by atoms with Crippen molar-refractivity contribution in [1.82, 2.24) is 9.55 Å². The molecule has 0 aliphatic carbocycles. The summed E-state index contributed by atoms with van der Waals surface area (Å²) < 4.78 is 11.9. The molecule has 0 aliphatic heterocycles. The molecule has 0 bridgehead atoms. The number of aromatic amines is 1. The van der Waals surface area contributed by atoms with Crippen molar-refractivity contribution in [2.24, 2.45) is 4.99 Å². The molecule has 28 heavy (non-hydrogen) atoms. The van der Waals surface area contributed by atoms with Crippen LogP contribution >= 0.6 is 12.2 Å². The monoisotopic (exact) mass is 397 g/mol. The van der Waals surface area contributed by atoms with Crippen LogP contribution in [0.5, 0.6) is 17.4 Å². The molecule has 1 heterocycles. The highest BCUT2D eigenvalue weighted by Gasteiger charge is 2.16. The number of aryl methyl sites for hydroxylation is 1. The van der Waals surface area contributed by atoms with Crippen LogP contribution in [0.2, 0.25) is 0 Å². The molecule has 0 fully saturated rings. The Hall–Kier alpha value is -3.39. The second-order valence-corrected chi connectivity index (χ2v) is 6.35. The zero-order chi connectivity index (χ0) is 20.3. The maximum absolute atomic E-state index is 12.4. The predicted octanol–water partition coefficient (Wildman–Crippen LogP) is 3.68. The Morgan fingerprint density at radius 2 is 1.86 bits per heavy atom. The van der Waals surface area contributed by atoms with E-state index < -0.39 is 5.56 Å². The number of methoxy groups -OCH3 is 2. The van der Waals surface area contributed by atoms with Gasteiger partial charge in [-0.25, -0.2) is 0 Å². The van der Waals surface area contributed by atoms with Crippen LogP contribution in [0, 0.1) is 11.7 Å². The van der Waals surface area contributed by atoms with Crippen LogP contribution in [-0.2, 0) is 0 Å². The van der Waals surface area contributed by atoms with E-state index in [1.807, 2.05) is 31.2 Å². The first kappa shape index (κ1) is 19.4. The molecule has 8 heteroatoms. The van der Waals surface area contributed by atoms with Crippen molar-refractivity contribution in [3.63, 3.8) is 0 Å². The van der Waals surface area contributed by atoms with E-state index in [1.54, 1.807) is 18.2 Å². The molecular weight excluding hydrogens is 378 g/mol. The first-order valence-corrected chi connectivity index (χ1v) is 8.77. The second kappa shape index (κ2) is 8.10. The van der Waals surface area contributed by atoms with Gasteiger partial charge in [-0.15, -0.1) is 0 Å². The zero-order valence-corrected chi connectivity index (χ0v) is 16.4. The van der Waals surface area contributed by atoms with Crippen molar-refractivity contribution >= 4 is 24.1 Å². The summed E-state index contributed by atoms with van der Waals surface area (Å²) in [7, 11) is 3.02. The molecule has 0 radical (unpaired) electrons. The van der Waals surface area contributed by atoms with Gasteiger partial charge in [0.05, 0.1) is 25.6 Å². The maximum Gasteiger partial charge on any atom is 0.264 e. The third-order valence-corrected chi connectivity index (χ3v) is 4.41. The highest BCUT2D eigenvalue weighted by atomic mass is 32.1. The fourth-order valence-electron chi connectivity index (χ4n) is 2.62. The summed E-state index contributed by atoms with van der Waals surface area (Å²) >= 11 is 5.25. The van der Waals surface area contributed by atoms with Crippen molar-refractivity contribution in [3.8, 4) is 23.1 Å². The number of nitrogens with zero attached hydrogens (tertiary/aromatic N) is 2. The van der Waals surface area contributed by atoms with E-state index in [2.05, 4.69) is 9.98 Å². The second-order valence-electron chi connectivity index (χ2n) is 5.96. The highest BCUT2D eigenvalue weighted by Crippen LogP contribution is 2.31. The lowest BCUT2D eigenvalue weighted by Gasteiger charge is -2.15. The first-order chi connectivity index (χ1) is 13.4. The number of nitrogens with one attached hydrogen (secondary N) is 1. The van der Waals surface area contributed by atoms with Crippen LogP contribution in [-0.4, -0.2) is 35.1 Å². The molecule has 3 aromatic rings. The summed E-state index contributed by atoms with van der Waals surface area (Å²) in [6.07, 6.45) is 1.30. The van der Waals surface area contributed by atoms with Crippen molar-refractivity contribution in [2.75, 3.05) is 14.2 Å². The molecule has 2 N–H and O–H groups in total. The van der Waals surface area contributed by atoms with Crippen LogP contribution in [0.3, 0.4) is 0 Å². The standard InChI is InChI=1S/C20H19N3O4S/c1-12-4-6-13(7-5-12)21-11-15-18(24)22-20(28)23(19(15)25)16-10-14(26-2)8-9-17(16)27-3/h4-11,25H,1-3H3,(H,22,24,28). The third kappa shape index (κ3) is 3.81. The Balaban J connectivity index is 2.17. The SMILES string of the molecule is COc1ccc(OC)c(-n2c(O)c(C=Nc3ccc(C)cc3)c(=O)[nH]c2=S)c1. The van der Waals surface area contributed by atoms with Crippen molar-refractivity contribution in [2.45, 2.75) is 6.92 Å². The van der Waals surface area contributed by atoms with E-state index in [0.717, 1.165) is 5.56 Å². The van der Waals surface area contributed by atoms with Crippen molar-refractivity contribution < 1.29 is 14.6 Å². The van der Waals surface area contributed by atoms with Crippen molar-refractivity contribution in [1.29, 1.82) is 0 Å². The predicted molar refractivity (Wildman–Crippen MR) is 110 cm³/mol. The molecule has 2 aromatic carbocycles. The number of aromatic nitrogens is 2. The molecule has 0 saturated heterocycles. The minimum atomic E-state index is -0.545. The number of ether oxygens (including phenoxy) is 2. The van der Waals surface area contributed by atoms with Gasteiger partial charge < -0.3 is 14.6 Å². The summed E-state index contributed by atoms with van der Waals surface area (Å²) in [6.45, 7) is 1.97. The molecular formula is C20H19N3O4S. The highest BCUT2D eigenvalue weighted by molar-refractivity contribution is 7.71. The third-order valence-electron chi connectivity index (χ3n) is 4.12. The fraction of sp³-hybridized carbons (Fsp3) is 0.150. The molecule has 1 aromatic heterocycles. The zero-order valence-electron chi connectivity index (χ0n) is 15.6. The number of hydrogen-bond acceptors (Lipinski definition) is 6. The average Bonchev–Trinajstić information content (AvgIpc) is 2.68. The van der Waals surface area contributed by atoms with Gasteiger partial charge in [0.2, 0.25) is 5.88 Å². The molecule has 0 atom stereocenters. The van der Waals surface area contributed by atoms with Gasteiger partial charge in [0, 0.05) is 12.3 Å². The van der Waals surface area contributed by atoms with Gasteiger partial charge in [0.25, 0.3) is 5.56 Å². The lowest BCUT2D eigenvalue weighted by molar-refractivity contribution is 0.394. The molecule has 0 aliphatic rings.